The molecule has 1 atom stereocenters. The van der Waals surface area contributed by atoms with Crippen molar-refractivity contribution >= 4 is 22.6 Å². The summed E-state index contributed by atoms with van der Waals surface area (Å²) < 4.78 is 45.5. The Labute approximate surface area is 183 Å². The van der Waals surface area contributed by atoms with Gasteiger partial charge in [-0.15, -0.1) is 0 Å². The zero-order valence-electron chi connectivity index (χ0n) is 17.6. The average molecular weight is 447 g/mol. The van der Waals surface area contributed by atoms with Crippen LogP contribution in [0.5, 0.6) is 0 Å². The van der Waals surface area contributed by atoms with Crippen molar-refractivity contribution in [2.75, 3.05) is 18.5 Å². The number of hydrogen-bond acceptors (Lipinski definition) is 5. The molecule has 7 nitrogen and oxygen atoms in total. The van der Waals surface area contributed by atoms with E-state index in [-0.39, 0.29) is 18.5 Å². The van der Waals surface area contributed by atoms with E-state index < -0.39 is 11.7 Å². The van der Waals surface area contributed by atoms with E-state index in [2.05, 4.69) is 20.7 Å². The summed E-state index contributed by atoms with van der Waals surface area (Å²) in [7, 11) is 0. The SMILES string of the molecule is CCn1ncc2c(NC3CCCOC3)c(C(=O)NCc3ccc(C(F)(F)F)cc3)cnc21. The molecule has 1 aliphatic rings. The Bertz CT molecular complexity index is 1090. The number of anilines is 1. The van der Waals surface area contributed by atoms with Crippen LogP contribution in [0, 0.1) is 0 Å². The van der Waals surface area contributed by atoms with E-state index in [0.717, 1.165) is 37.0 Å². The first-order chi connectivity index (χ1) is 15.4. The fraction of sp³-hybridized carbons (Fsp3) is 0.409. The van der Waals surface area contributed by atoms with Crippen LogP contribution >= 0.6 is 0 Å². The summed E-state index contributed by atoms with van der Waals surface area (Å²) >= 11 is 0. The molecule has 0 spiro atoms. The Kier molecular flexibility index (Phi) is 6.31. The highest BCUT2D eigenvalue weighted by atomic mass is 19.4. The number of nitrogens with zero attached hydrogens (tertiary/aromatic N) is 3. The third-order valence-electron chi connectivity index (χ3n) is 5.45. The Morgan fingerprint density at radius 2 is 2.03 bits per heavy atom. The second kappa shape index (κ2) is 9.15. The van der Waals surface area contributed by atoms with Crippen LogP contribution in [0.1, 0.15) is 41.3 Å². The van der Waals surface area contributed by atoms with E-state index in [4.69, 9.17) is 4.74 Å². The minimum Gasteiger partial charge on any atom is -0.379 e. The molecule has 1 aromatic carbocycles. The number of carbonyl (C=O) groups is 1. The fourth-order valence-corrected chi connectivity index (χ4v) is 3.73. The minimum atomic E-state index is -4.39. The number of fused-ring (bicyclic) bond motifs is 1. The lowest BCUT2D eigenvalue weighted by Gasteiger charge is -2.25. The molecule has 1 unspecified atom stereocenters. The molecule has 3 heterocycles. The number of rotatable bonds is 6. The van der Waals surface area contributed by atoms with E-state index in [0.29, 0.717) is 35.6 Å². The van der Waals surface area contributed by atoms with E-state index in [1.807, 2.05) is 6.92 Å². The van der Waals surface area contributed by atoms with Crippen LogP contribution in [0.4, 0.5) is 18.9 Å². The number of aromatic nitrogens is 3. The molecular formula is C22H24F3N5O2. The number of benzene rings is 1. The van der Waals surface area contributed by atoms with Crippen molar-refractivity contribution in [3.8, 4) is 0 Å². The monoisotopic (exact) mass is 447 g/mol. The Balaban J connectivity index is 1.56. The number of hydrogen-bond donors (Lipinski definition) is 2. The molecule has 0 radical (unpaired) electrons. The van der Waals surface area contributed by atoms with Gasteiger partial charge in [-0.2, -0.15) is 18.3 Å². The number of pyridine rings is 1. The number of aryl methyl sites for hydroxylation is 1. The van der Waals surface area contributed by atoms with E-state index in [9.17, 15) is 18.0 Å². The van der Waals surface area contributed by atoms with Crippen molar-refractivity contribution in [2.24, 2.45) is 0 Å². The Morgan fingerprint density at radius 3 is 2.69 bits per heavy atom. The second-order valence-electron chi connectivity index (χ2n) is 7.68. The maximum Gasteiger partial charge on any atom is 0.416 e. The number of halogens is 3. The highest BCUT2D eigenvalue weighted by Gasteiger charge is 2.30. The molecule has 170 valence electrons. The summed E-state index contributed by atoms with van der Waals surface area (Å²) in [4.78, 5) is 17.4. The van der Waals surface area contributed by atoms with Gasteiger partial charge >= 0.3 is 6.18 Å². The van der Waals surface area contributed by atoms with Crippen LogP contribution in [-0.2, 0) is 24.0 Å². The van der Waals surface area contributed by atoms with Gasteiger partial charge in [-0.3, -0.25) is 4.79 Å². The van der Waals surface area contributed by atoms with Gasteiger partial charge in [0.2, 0.25) is 0 Å². The van der Waals surface area contributed by atoms with Crippen molar-refractivity contribution in [1.29, 1.82) is 0 Å². The van der Waals surface area contributed by atoms with Gasteiger partial charge in [0.25, 0.3) is 5.91 Å². The fourth-order valence-electron chi connectivity index (χ4n) is 3.73. The summed E-state index contributed by atoms with van der Waals surface area (Å²) in [6.07, 6.45) is 0.637. The lowest BCUT2D eigenvalue weighted by atomic mass is 10.1. The van der Waals surface area contributed by atoms with Crippen molar-refractivity contribution in [3.05, 3.63) is 53.3 Å². The molecular weight excluding hydrogens is 423 g/mol. The molecule has 2 aromatic heterocycles. The summed E-state index contributed by atoms with van der Waals surface area (Å²) in [5, 5.41) is 11.3. The maximum absolute atomic E-state index is 13.0. The molecule has 32 heavy (non-hydrogen) atoms. The molecule has 0 bridgehead atoms. The Morgan fingerprint density at radius 1 is 1.25 bits per heavy atom. The largest absolute Gasteiger partial charge is 0.416 e. The molecule has 4 rings (SSSR count). The van der Waals surface area contributed by atoms with E-state index in [1.54, 1.807) is 10.9 Å². The van der Waals surface area contributed by atoms with Crippen molar-refractivity contribution in [1.82, 2.24) is 20.1 Å². The number of carbonyl (C=O) groups excluding carboxylic acids is 1. The minimum absolute atomic E-state index is 0.0563. The molecule has 1 fully saturated rings. The van der Waals surface area contributed by atoms with Gasteiger partial charge < -0.3 is 15.4 Å². The maximum atomic E-state index is 13.0. The third kappa shape index (κ3) is 4.69. The van der Waals surface area contributed by atoms with Crippen LogP contribution in [-0.4, -0.2) is 39.9 Å². The zero-order chi connectivity index (χ0) is 22.7. The molecule has 0 aliphatic carbocycles. The highest BCUT2D eigenvalue weighted by Crippen LogP contribution is 2.30. The van der Waals surface area contributed by atoms with Crippen LogP contribution in [0.2, 0.25) is 0 Å². The van der Waals surface area contributed by atoms with Gasteiger partial charge in [0.05, 0.1) is 35.0 Å². The van der Waals surface area contributed by atoms with Gasteiger partial charge in [-0.1, -0.05) is 12.1 Å². The van der Waals surface area contributed by atoms with Crippen LogP contribution in [0.25, 0.3) is 11.0 Å². The predicted molar refractivity (Wildman–Crippen MR) is 113 cm³/mol. The van der Waals surface area contributed by atoms with Gasteiger partial charge in [0.1, 0.15) is 0 Å². The topological polar surface area (TPSA) is 81.1 Å². The number of nitrogens with one attached hydrogen (secondary N) is 2. The number of alkyl halides is 3. The zero-order valence-corrected chi connectivity index (χ0v) is 17.6. The van der Waals surface area contributed by atoms with E-state index in [1.165, 1.54) is 18.3 Å². The molecule has 0 saturated carbocycles. The normalized spacial score (nSPS) is 16.8. The molecule has 3 aromatic rings. The first-order valence-corrected chi connectivity index (χ1v) is 10.5. The first kappa shape index (κ1) is 22.1. The second-order valence-corrected chi connectivity index (χ2v) is 7.68. The smallest absolute Gasteiger partial charge is 0.379 e. The summed E-state index contributed by atoms with van der Waals surface area (Å²) in [6.45, 7) is 3.95. The quantitative estimate of drug-likeness (QED) is 0.597. The highest BCUT2D eigenvalue weighted by molar-refractivity contribution is 6.06. The molecule has 1 saturated heterocycles. The van der Waals surface area contributed by atoms with Crippen molar-refractivity contribution in [2.45, 2.75) is 45.1 Å². The molecule has 1 aliphatic heterocycles. The number of amides is 1. The third-order valence-corrected chi connectivity index (χ3v) is 5.45. The molecule has 2 N–H and O–H groups in total. The number of ether oxygens (including phenoxy) is 1. The first-order valence-electron chi connectivity index (χ1n) is 10.5. The predicted octanol–water partition coefficient (Wildman–Crippen LogP) is 3.99. The standard InChI is InChI=1S/C22H24F3N5O2/c1-2-30-20-17(12-28-30)19(29-16-4-3-9-32-13-16)18(11-26-20)21(31)27-10-14-5-7-15(8-6-14)22(23,24)25/h5-8,11-12,16H,2-4,9-10,13H2,1H3,(H,26,29)(H,27,31). The Hall–Kier alpha value is -3.14. The summed E-state index contributed by atoms with van der Waals surface area (Å²) in [5.74, 6) is -0.372. The van der Waals surface area contributed by atoms with Gasteiger partial charge in [-0.05, 0) is 37.5 Å². The van der Waals surface area contributed by atoms with Crippen LogP contribution in [0.3, 0.4) is 0 Å². The van der Waals surface area contributed by atoms with Gasteiger partial charge in [-0.25, -0.2) is 9.67 Å². The van der Waals surface area contributed by atoms with Crippen LogP contribution < -0.4 is 10.6 Å². The van der Waals surface area contributed by atoms with Crippen molar-refractivity contribution < 1.29 is 22.7 Å². The van der Waals surface area contributed by atoms with Crippen molar-refractivity contribution in [3.63, 3.8) is 0 Å². The van der Waals surface area contributed by atoms with Gasteiger partial charge in [0, 0.05) is 31.9 Å². The molecule has 10 heteroatoms. The van der Waals surface area contributed by atoms with Crippen LogP contribution in [0.15, 0.2) is 36.7 Å². The van der Waals surface area contributed by atoms with Gasteiger partial charge in [0.15, 0.2) is 5.65 Å². The average Bonchev–Trinajstić information content (AvgIpc) is 3.22. The molecule has 1 amide bonds. The van der Waals surface area contributed by atoms with E-state index >= 15 is 0 Å². The lowest BCUT2D eigenvalue weighted by Crippen LogP contribution is -2.32. The lowest BCUT2D eigenvalue weighted by molar-refractivity contribution is -0.137. The summed E-state index contributed by atoms with van der Waals surface area (Å²) in [5.41, 5.74) is 1.50. The summed E-state index contributed by atoms with van der Waals surface area (Å²) in [6, 6.07) is 4.78.